The molecule has 0 aromatic heterocycles. The van der Waals surface area contributed by atoms with E-state index in [-0.39, 0.29) is 11.9 Å². The van der Waals surface area contributed by atoms with Crippen molar-refractivity contribution in [2.24, 2.45) is 11.7 Å². The van der Waals surface area contributed by atoms with Gasteiger partial charge in [-0.1, -0.05) is 0 Å². The second-order valence-corrected chi connectivity index (χ2v) is 4.86. The van der Waals surface area contributed by atoms with Gasteiger partial charge in [0, 0.05) is 19.0 Å². The second kappa shape index (κ2) is 5.50. The van der Waals surface area contributed by atoms with E-state index < -0.39 is 0 Å². The molecule has 1 saturated heterocycles. The Bertz CT molecular complexity index is 167. The second-order valence-electron chi connectivity index (χ2n) is 3.72. The van der Waals surface area contributed by atoms with Crippen molar-refractivity contribution in [2.75, 3.05) is 18.1 Å². The first kappa shape index (κ1) is 10.9. The number of rotatable bonds is 4. The predicted octanol–water partition coefficient (Wildman–Crippen LogP) is 0.593. The summed E-state index contributed by atoms with van der Waals surface area (Å²) in [5, 5.41) is 2.92. The van der Waals surface area contributed by atoms with Gasteiger partial charge in [0.05, 0.1) is 0 Å². The molecule has 1 heterocycles. The molecular formula is C9H18N2OS. The first-order valence-corrected chi connectivity index (χ1v) is 5.94. The number of nitrogens with one attached hydrogen (secondary N) is 1. The van der Waals surface area contributed by atoms with Crippen LogP contribution < -0.4 is 11.1 Å². The van der Waals surface area contributed by atoms with E-state index in [4.69, 9.17) is 5.73 Å². The number of carbonyl (C=O) groups excluding carboxylic acids is 1. The topological polar surface area (TPSA) is 55.1 Å². The van der Waals surface area contributed by atoms with Crippen LogP contribution in [0.2, 0.25) is 0 Å². The van der Waals surface area contributed by atoms with Gasteiger partial charge in [-0.15, -0.1) is 0 Å². The molecule has 0 aliphatic carbocycles. The summed E-state index contributed by atoms with van der Waals surface area (Å²) < 4.78 is 0. The van der Waals surface area contributed by atoms with Crippen molar-refractivity contribution in [3.05, 3.63) is 0 Å². The molecular weight excluding hydrogens is 184 g/mol. The summed E-state index contributed by atoms with van der Waals surface area (Å²) >= 11 is 1.97. The van der Waals surface area contributed by atoms with Crippen LogP contribution in [0.1, 0.15) is 19.8 Å². The lowest BCUT2D eigenvalue weighted by molar-refractivity contribution is -0.121. The highest BCUT2D eigenvalue weighted by molar-refractivity contribution is 7.99. The standard InChI is InChI=1S/C9H18N2OS/c1-7(10)4-9(12)11-5-8-2-3-13-6-8/h7-8H,2-6,10H2,1H3,(H,11,12). The van der Waals surface area contributed by atoms with Gasteiger partial charge in [-0.25, -0.2) is 0 Å². The number of hydrogen-bond donors (Lipinski definition) is 2. The maximum Gasteiger partial charge on any atom is 0.221 e. The molecule has 3 nitrogen and oxygen atoms in total. The largest absolute Gasteiger partial charge is 0.356 e. The number of carbonyl (C=O) groups is 1. The first-order chi connectivity index (χ1) is 6.18. The average molecular weight is 202 g/mol. The Morgan fingerprint density at radius 3 is 3.08 bits per heavy atom. The van der Waals surface area contributed by atoms with Crippen molar-refractivity contribution in [1.82, 2.24) is 5.32 Å². The number of nitrogens with two attached hydrogens (primary N) is 1. The van der Waals surface area contributed by atoms with Gasteiger partial charge in [-0.2, -0.15) is 11.8 Å². The summed E-state index contributed by atoms with van der Waals surface area (Å²) in [5.74, 6) is 3.21. The molecule has 1 fully saturated rings. The molecule has 2 atom stereocenters. The molecule has 2 unspecified atom stereocenters. The summed E-state index contributed by atoms with van der Waals surface area (Å²) in [6.45, 7) is 2.68. The van der Waals surface area contributed by atoms with Crippen molar-refractivity contribution in [2.45, 2.75) is 25.8 Å². The third kappa shape index (κ3) is 4.52. The number of hydrogen-bond acceptors (Lipinski definition) is 3. The third-order valence-corrected chi connectivity index (χ3v) is 3.35. The highest BCUT2D eigenvalue weighted by Gasteiger charge is 2.16. The Balaban J connectivity index is 2.07. The fourth-order valence-corrected chi connectivity index (χ4v) is 2.65. The van der Waals surface area contributed by atoms with E-state index in [1.807, 2.05) is 18.7 Å². The number of amides is 1. The SMILES string of the molecule is CC(N)CC(=O)NCC1CCSC1. The normalized spacial score (nSPS) is 24.3. The van der Waals surface area contributed by atoms with Crippen molar-refractivity contribution in [3.63, 3.8) is 0 Å². The van der Waals surface area contributed by atoms with Gasteiger partial charge >= 0.3 is 0 Å². The van der Waals surface area contributed by atoms with Crippen molar-refractivity contribution in [1.29, 1.82) is 0 Å². The number of thioether (sulfide) groups is 1. The Hall–Kier alpha value is -0.220. The Morgan fingerprint density at radius 2 is 2.54 bits per heavy atom. The molecule has 1 aliphatic rings. The van der Waals surface area contributed by atoms with E-state index in [0.717, 1.165) is 6.54 Å². The van der Waals surface area contributed by atoms with Crippen molar-refractivity contribution >= 4 is 17.7 Å². The fraction of sp³-hybridized carbons (Fsp3) is 0.889. The Labute approximate surface area is 83.8 Å². The van der Waals surface area contributed by atoms with Gasteiger partial charge in [0.15, 0.2) is 0 Å². The van der Waals surface area contributed by atoms with Crippen LogP contribution >= 0.6 is 11.8 Å². The minimum atomic E-state index is -0.0297. The molecule has 1 rings (SSSR count). The molecule has 3 N–H and O–H groups in total. The zero-order chi connectivity index (χ0) is 9.68. The molecule has 0 radical (unpaired) electrons. The molecule has 0 spiro atoms. The summed E-state index contributed by atoms with van der Waals surface area (Å²) in [6.07, 6.45) is 1.68. The maximum absolute atomic E-state index is 11.2. The van der Waals surface area contributed by atoms with Crippen LogP contribution in [0.25, 0.3) is 0 Å². The maximum atomic E-state index is 11.2. The minimum Gasteiger partial charge on any atom is -0.356 e. The van der Waals surface area contributed by atoms with E-state index in [1.165, 1.54) is 17.9 Å². The Morgan fingerprint density at radius 1 is 1.77 bits per heavy atom. The van der Waals surface area contributed by atoms with Crippen LogP contribution in [0.5, 0.6) is 0 Å². The highest BCUT2D eigenvalue weighted by Crippen LogP contribution is 2.22. The van der Waals surface area contributed by atoms with Crippen LogP contribution in [0.4, 0.5) is 0 Å². The Kier molecular flexibility index (Phi) is 4.59. The van der Waals surface area contributed by atoms with Gasteiger partial charge in [0.1, 0.15) is 0 Å². The van der Waals surface area contributed by atoms with Gasteiger partial charge < -0.3 is 11.1 Å². The third-order valence-electron chi connectivity index (χ3n) is 2.12. The fourth-order valence-electron chi connectivity index (χ4n) is 1.37. The van der Waals surface area contributed by atoms with Crippen LogP contribution in [-0.4, -0.2) is 30.0 Å². The van der Waals surface area contributed by atoms with Crippen LogP contribution in [-0.2, 0) is 4.79 Å². The smallest absolute Gasteiger partial charge is 0.221 e. The zero-order valence-corrected chi connectivity index (χ0v) is 8.90. The van der Waals surface area contributed by atoms with Gasteiger partial charge in [0.25, 0.3) is 0 Å². The van der Waals surface area contributed by atoms with Crippen molar-refractivity contribution in [3.8, 4) is 0 Å². The lowest BCUT2D eigenvalue weighted by atomic mass is 10.1. The summed E-state index contributed by atoms with van der Waals surface area (Å²) in [5.41, 5.74) is 5.51. The summed E-state index contributed by atoms with van der Waals surface area (Å²) in [6, 6.07) is -0.0297. The molecule has 4 heteroatoms. The van der Waals surface area contributed by atoms with E-state index in [2.05, 4.69) is 5.32 Å². The van der Waals surface area contributed by atoms with Gasteiger partial charge in [-0.05, 0) is 30.8 Å². The zero-order valence-electron chi connectivity index (χ0n) is 8.08. The van der Waals surface area contributed by atoms with Crippen LogP contribution in [0.15, 0.2) is 0 Å². The highest BCUT2D eigenvalue weighted by atomic mass is 32.2. The van der Waals surface area contributed by atoms with Gasteiger partial charge in [-0.3, -0.25) is 4.79 Å². The monoisotopic (exact) mass is 202 g/mol. The van der Waals surface area contributed by atoms with E-state index >= 15 is 0 Å². The molecule has 76 valence electrons. The lowest BCUT2D eigenvalue weighted by Crippen LogP contribution is -2.33. The average Bonchev–Trinajstić information content (AvgIpc) is 2.51. The summed E-state index contributed by atoms with van der Waals surface area (Å²) in [4.78, 5) is 11.2. The summed E-state index contributed by atoms with van der Waals surface area (Å²) in [7, 11) is 0. The lowest BCUT2D eigenvalue weighted by Gasteiger charge is -2.10. The van der Waals surface area contributed by atoms with E-state index in [1.54, 1.807) is 0 Å². The molecule has 0 saturated carbocycles. The molecule has 1 amide bonds. The molecule has 0 bridgehead atoms. The predicted molar refractivity (Wildman–Crippen MR) is 56.7 cm³/mol. The van der Waals surface area contributed by atoms with Crippen LogP contribution in [0, 0.1) is 5.92 Å². The molecule has 13 heavy (non-hydrogen) atoms. The quantitative estimate of drug-likeness (QED) is 0.701. The first-order valence-electron chi connectivity index (χ1n) is 4.78. The molecule has 0 aromatic rings. The molecule has 1 aliphatic heterocycles. The van der Waals surface area contributed by atoms with E-state index in [9.17, 15) is 4.79 Å². The van der Waals surface area contributed by atoms with E-state index in [0.29, 0.717) is 12.3 Å². The minimum absolute atomic E-state index is 0.0297. The van der Waals surface area contributed by atoms with Crippen molar-refractivity contribution < 1.29 is 4.79 Å². The van der Waals surface area contributed by atoms with Gasteiger partial charge in [0.2, 0.25) is 5.91 Å². The molecule has 0 aromatic carbocycles. The van der Waals surface area contributed by atoms with Crippen LogP contribution in [0.3, 0.4) is 0 Å².